The summed E-state index contributed by atoms with van der Waals surface area (Å²) in [5.74, 6) is 3.01. The molecule has 1 aromatic carbocycles. The van der Waals surface area contributed by atoms with Crippen molar-refractivity contribution in [1.82, 2.24) is 25.9 Å². The van der Waals surface area contributed by atoms with Gasteiger partial charge in [0.25, 0.3) is 0 Å². The molecule has 0 atom stereocenters. The number of hydrogen-bond donors (Lipinski definition) is 2. The third-order valence-corrected chi connectivity index (χ3v) is 5.34. The first-order valence-corrected chi connectivity index (χ1v) is 10.6. The molecule has 1 aromatic heterocycles. The van der Waals surface area contributed by atoms with Crippen molar-refractivity contribution in [2.45, 2.75) is 46.6 Å². The highest BCUT2D eigenvalue weighted by Crippen LogP contribution is 2.34. The van der Waals surface area contributed by atoms with Crippen molar-refractivity contribution in [3.05, 3.63) is 24.0 Å². The van der Waals surface area contributed by atoms with E-state index in [1.165, 1.54) is 25.5 Å². The fraction of sp³-hybridized carbons (Fsp3) is 0.667. The number of hydroxylamine groups is 2. The second kappa shape index (κ2) is 9.17. The van der Waals surface area contributed by atoms with E-state index in [2.05, 4.69) is 47.5 Å². The maximum absolute atomic E-state index is 5.57. The third-order valence-electron chi connectivity index (χ3n) is 5.34. The molecule has 9 nitrogen and oxygen atoms in total. The van der Waals surface area contributed by atoms with E-state index in [4.69, 9.17) is 19.6 Å². The molecule has 2 fully saturated rings. The number of rotatable bonds is 11. The maximum atomic E-state index is 5.57. The van der Waals surface area contributed by atoms with Crippen LogP contribution in [0.25, 0.3) is 11.0 Å². The van der Waals surface area contributed by atoms with Gasteiger partial charge < -0.3 is 9.40 Å². The molecule has 2 aliphatic rings. The van der Waals surface area contributed by atoms with Gasteiger partial charge in [-0.2, -0.15) is 10.0 Å². The number of fused-ring (bicyclic) bond motifs is 1. The molecule has 1 aliphatic carbocycles. The summed E-state index contributed by atoms with van der Waals surface area (Å²) in [6.07, 6.45) is 3.60. The number of aromatic nitrogens is 2. The molecule has 4 rings (SSSR count). The standard InChI is InChI=1S/C21H33N5O4/c1-21(2,3)10-20-22-18-9-17(7-8-19(18)26(20)13-15-5-6-15)29-24-28-14-16-11-25(12-16)30-23-27-4/h7-9,15-16,23-24H,5-6,10-14H2,1-4H3. The van der Waals surface area contributed by atoms with Crippen LogP contribution in [-0.2, 0) is 27.6 Å². The molecular formula is C21H33N5O4. The normalized spacial score (nSPS) is 18.1. The van der Waals surface area contributed by atoms with Crippen molar-refractivity contribution >= 4 is 11.0 Å². The Labute approximate surface area is 177 Å². The van der Waals surface area contributed by atoms with Crippen LogP contribution in [0.3, 0.4) is 0 Å². The molecule has 0 unspecified atom stereocenters. The van der Waals surface area contributed by atoms with Gasteiger partial charge >= 0.3 is 0 Å². The van der Waals surface area contributed by atoms with Gasteiger partial charge in [0.05, 0.1) is 24.8 Å². The van der Waals surface area contributed by atoms with Crippen LogP contribution in [0.15, 0.2) is 18.2 Å². The Bertz CT molecular complexity index is 840. The Morgan fingerprint density at radius 2 is 1.93 bits per heavy atom. The molecule has 0 bridgehead atoms. The monoisotopic (exact) mass is 419 g/mol. The van der Waals surface area contributed by atoms with Crippen molar-refractivity contribution in [3.8, 4) is 5.75 Å². The van der Waals surface area contributed by atoms with Crippen LogP contribution in [0.2, 0.25) is 0 Å². The minimum atomic E-state index is 0.194. The highest BCUT2D eigenvalue weighted by atomic mass is 17.0. The Balaban J connectivity index is 1.31. The van der Waals surface area contributed by atoms with Crippen molar-refractivity contribution in [2.24, 2.45) is 17.3 Å². The topological polar surface area (TPSA) is 82.0 Å². The predicted molar refractivity (Wildman–Crippen MR) is 112 cm³/mol. The summed E-state index contributed by atoms with van der Waals surface area (Å²) >= 11 is 0. The second-order valence-electron chi connectivity index (χ2n) is 9.56. The summed E-state index contributed by atoms with van der Waals surface area (Å²) in [5.41, 5.74) is 7.27. The Hall–Kier alpha value is -1.75. The van der Waals surface area contributed by atoms with Gasteiger partial charge in [-0.3, -0.25) is 9.68 Å². The fourth-order valence-corrected chi connectivity index (χ4v) is 3.62. The number of benzene rings is 1. The van der Waals surface area contributed by atoms with E-state index in [1.54, 1.807) is 5.06 Å². The highest BCUT2D eigenvalue weighted by molar-refractivity contribution is 5.77. The van der Waals surface area contributed by atoms with Gasteiger partial charge in [-0.15, -0.1) is 0 Å². The highest BCUT2D eigenvalue weighted by Gasteiger charge is 2.28. The molecule has 30 heavy (non-hydrogen) atoms. The minimum absolute atomic E-state index is 0.194. The zero-order valence-electron chi connectivity index (χ0n) is 18.3. The molecule has 2 aromatic rings. The zero-order chi connectivity index (χ0) is 21.1. The summed E-state index contributed by atoms with van der Waals surface area (Å²) in [5, 5.41) is 1.75. The fourth-order valence-electron chi connectivity index (χ4n) is 3.62. The summed E-state index contributed by atoms with van der Waals surface area (Å²) in [7, 11) is 1.50. The third kappa shape index (κ3) is 5.69. The van der Waals surface area contributed by atoms with E-state index in [-0.39, 0.29) is 5.41 Å². The maximum Gasteiger partial charge on any atom is 0.152 e. The van der Waals surface area contributed by atoms with Gasteiger partial charge in [-0.25, -0.2) is 4.98 Å². The summed E-state index contributed by atoms with van der Waals surface area (Å²) in [6, 6.07) is 6.02. The van der Waals surface area contributed by atoms with Crippen molar-refractivity contribution < 1.29 is 19.5 Å². The first-order valence-electron chi connectivity index (χ1n) is 10.6. The van der Waals surface area contributed by atoms with Gasteiger partial charge in [0.15, 0.2) is 5.75 Å². The molecule has 9 heteroatoms. The predicted octanol–water partition coefficient (Wildman–Crippen LogP) is 2.78. The molecule has 2 heterocycles. The van der Waals surface area contributed by atoms with Crippen LogP contribution in [0.5, 0.6) is 5.75 Å². The van der Waals surface area contributed by atoms with Crippen LogP contribution >= 0.6 is 0 Å². The molecule has 1 saturated heterocycles. The molecule has 0 radical (unpaired) electrons. The van der Waals surface area contributed by atoms with Gasteiger partial charge in [-0.05, 0) is 42.0 Å². The number of nitrogens with zero attached hydrogens (tertiary/aromatic N) is 3. The van der Waals surface area contributed by atoms with E-state index >= 15 is 0 Å². The lowest BCUT2D eigenvalue weighted by molar-refractivity contribution is -0.333. The number of nitrogens with one attached hydrogen (secondary N) is 2. The molecule has 0 spiro atoms. The van der Waals surface area contributed by atoms with Crippen molar-refractivity contribution in [1.29, 1.82) is 0 Å². The molecular weight excluding hydrogens is 386 g/mol. The summed E-state index contributed by atoms with van der Waals surface area (Å²) in [6.45, 7) is 9.88. The van der Waals surface area contributed by atoms with Crippen molar-refractivity contribution in [3.63, 3.8) is 0 Å². The average Bonchev–Trinajstić information content (AvgIpc) is 3.41. The Kier molecular flexibility index (Phi) is 6.57. The van der Waals surface area contributed by atoms with Crippen LogP contribution in [0, 0.1) is 17.3 Å². The van der Waals surface area contributed by atoms with Gasteiger partial charge in [0, 0.05) is 38.0 Å². The first-order chi connectivity index (χ1) is 14.4. The first kappa shape index (κ1) is 21.5. The largest absolute Gasteiger partial charge is 0.383 e. The van der Waals surface area contributed by atoms with Crippen LogP contribution < -0.4 is 16.1 Å². The van der Waals surface area contributed by atoms with Crippen LogP contribution in [-0.4, -0.2) is 41.4 Å². The molecule has 0 amide bonds. The van der Waals surface area contributed by atoms with E-state index in [0.717, 1.165) is 43.3 Å². The van der Waals surface area contributed by atoms with Crippen LogP contribution in [0.1, 0.15) is 39.4 Å². The number of imidazole rings is 1. The second-order valence-corrected chi connectivity index (χ2v) is 9.56. The van der Waals surface area contributed by atoms with E-state index in [0.29, 0.717) is 18.3 Å². The number of hydrogen-bond acceptors (Lipinski definition) is 8. The minimum Gasteiger partial charge on any atom is -0.383 e. The Morgan fingerprint density at radius 3 is 2.63 bits per heavy atom. The lowest BCUT2D eigenvalue weighted by Gasteiger charge is -2.36. The molecule has 2 N–H and O–H groups in total. The lowest BCUT2D eigenvalue weighted by atomic mass is 9.92. The summed E-state index contributed by atoms with van der Waals surface area (Å²) < 4.78 is 2.40. The smallest absolute Gasteiger partial charge is 0.152 e. The van der Waals surface area contributed by atoms with E-state index < -0.39 is 0 Å². The van der Waals surface area contributed by atoms with E-state index in [1.807, 2.05) is 12.1 Å². The van der Waals surface area contributed by atoms with Gasteiger partial charge in [0.1, 0.15) is 5.82 Å². The molecule has 1 aliphatic heterocycles. The average molecular weight is 420 g/mol. The summed E-state index contributed by atoms with van der Waals surface area (Å²) in [4.78, 5) is 25.7. The zero-order valence-corrected chi connectivity index (χ0v) is 18.3. The quantitative estimate of drug-likeness (QED) is 0.425. The Morgan fingerprint density at radius 1 is 1.13 bits per heavy atom. The lowest BCUT2D eigenvalue weighted by Crippen LogP contribution is -2.51. The molecule has 1 saturated carbocycles. The van der Waals surface area contributed by atoms with E-state index in [9.17, 15) is 0 Å². The van der Waals surface area contributed by atoms with Crippen LogP contribution in [0.4, 0.5) is 0 Å². The van der Waals surface area contributed by atoms with Gasteiger partial charge in [-0.1, -0.05) is 26.4 Å². The van der Waals surface area contributed by atoms with Crippen molar-refractivity contribution in [2.75, 3.05) is 26.8 Å². The SMILES string of the molecule is CONON1CC(CONOc2ccc3c(c2)nc(CC(C)(C)C)n3CC2CC2)C1. The van der Waals surface area contributed by atoms with Gasteiger partial charge in [0.2, 0.25) is 0 Å². The molecule has 166 valence electrons.